The lowest BCUT2D eigenvalue weighted by atomic mass is 10.1. The van der Waals surface area contributed by atoms with Gasteiger partial charge in [-0.3, -0.25) is 0 Å². The van der Waals surface area contributed by atoms with E-state index in [0.717, 1.165) is 29.9 Å². The predicted octanol–water partition coefficient (Wildman–Crippen LogP) is 3.63. The van der Waals surface area contributed by atoms with Gasteiger partial charge in [0.25, 0.3) is 0 Å². The van der Waals surface area contributed by atoms with E-state index in [0.29, 0.717) is 0 Å². The Bertz CT molecular complexity index is 540. The molecule has 0 spiro atoms. The molecule has 0 aliphatic heterocycles. The van der Waals surface area contributed by atoms with E-state index in [2.05, 4.69) is 44.9 Å². The molecule has 17 heavy (non-hydrogen) atoms. The number of nitrogens with zero attached hydrogens (tertiary/aromatic N) is 1. The van der Waals surface area contributed by atoms with E-state index in [1.807, 2.05) is 0 Å². The van der Waals surface area contributed by atoms with Gasteiger partial charge in [-0.1, -0.05) is 15.9 Å². The zero-order valence-corrected chi connectivity index (χ0v) is 11.4. The maximum Gasteiger partial charge on any atom is 0.0486 e. The van der Waals surface area contributed by atoms with Gasteiger partial charge in [-0.25, -0.2) is 0 Å². The van der Waals surface area contributed by atoms with Crippen LogP contribution in [0, 0.1) is 0 Å². The predicted molar refractivity (Wildman–Crippen MR) is 75.3 cm³/mol. The molecule has 0 amide bonds. The molecule has 3 rings (SSSR count). The van der Waals surface area contributed by atoms with E-state index in [-0.39, 0.29) is 0 Å². The number of nitrogens with two attached hydrogens (primary N) is 1. The third kappa shape index (κ3) is 2.14. The lowest BCUT2D eigenvalue weighted by Gasteiger charge is -2.01. The topological polar surface area (TPSA) is 30.9 Å². The lowest BCUT2D eigenvalue weighted by molar-refractivity contribution is 0.764. The molecule has 0 atom stereocenters. The highest BCUT2D eigenvalue weighted by Crippen LogP contribution is 2.39. The molecule has 1 aromatic carbocycles. The second-order valence-corrected chi connectivity index (χ2v) is 5.76. The number of halogens is 1. The fourth-order valence-electron chi connectivity index (χ4n) is 2.44. The van der Waals surface area contributed by atoms with Crippen LogP contribution in [0.25, 0.3) is 10.9 Å². The lowest BCUT2D eigenvalue weighted by Crippen LogP contribution is -1.99. The average molecular weight is 293 g/mol. The van der Waals surface area contributed by atoms with Gasteiger partial charge in [0, 0.05) is 27.6 Å². The number of rotatable bonds is 4. The van der Waals surface area contributed by atoms with Crippen molar-refractivity contribution in [2.75, 3.05) is 6.54 Å². The molecule has 1 aromatic heterocycles. The van der Waals surface area contributed by atoms with Crippen LogP contribution >= 0.6 is 15.9 Å². The minimum absolute atomic E-state index is 0.741. The van der Waals surface area contributed by atoms with Crippen LogP contribution < -0.4 is 5.73 Å². The molecule has 0 radical (unpaired) electrons. The molecule has 1 aliphatic rings. The first-order valence-electron chi connectivity index (χ1n) is 6.28. The first kappa shape index (κ1) is 11.3. The highest BCUT2D eigenvalue weighted by molar-refractivity contribution is 9.10. The monoisotopic (exact) mass is 292 g/mol. The fraction of sp³-hybridized carbons (Fsp3) is 0.429. The van der Waals surface area contributed by atoms with Gasteiger partial charge in [-0.2, -0.15) is 0 Å². The third-order valence-electron chi connectivity index (χ3n) is 3.47. The standard InChI is InChI=1S/C14H17BrN2/c15-11-3-6-14-13(8-11)10(2-1-7-16)9-17(14)12-4-5-12/h3,6,8-9,12H,1-2,4-5,7,16H2. The molecule has 90 valence electrons. The van der Waals surface area contributed by atoms with Gasteiger partial charge in [0.2, 0.25) is 0 Å². The zero-order chi connectivity index (χ0) is 11.8. The summed E-state index contributed by atoms with van der Waals surface area (Å²) in [6, 6.07) is 7.34. The molecular weight excluding hydrogens is 276 g/mol. The fourth-order valence-corrected chi connectivity index (χ4v) is 2.81. The van der Waals surface area contributed by atoms with Crippen LogP contribution in [0.3, 0.4) is 0 Å². The van der Waals surface area contributed by atoms with E-state index < -0.39 is 0 Å². The molecule has 2 nitrogen and oxygen atoms in total. The summed E-state index contributed by atoms with van der Waals surface area (Å²) in [6.45, 7) is 0.768. The van der Waals surface area contributed by atoms with Crippen LogP contribution in [0.5, 0.6) is 0 Å². The molecule has 1 saturated carbocycles. The number of hydrogen-bond acceptors (Lipinski definition) is 1. The van der Waals surface area contributed by atoms with Crippen LogP contribution in [-0.4, -0.2) is 11.1 Å². The van der Waals surface area contributed by atoms with E-state index in [9.17, 15) is 0 Å². The number of hydrogen-bond donors (Lipinski definition) is 1. The summed E-state index contributed by atoms with van der Waals surface area (Å²) in [7, 11) is 0. The molecule has 0 saturated heterocycles. The van der Waals surface area contributed by atoms with Crippen LogP contribution in [0.15, 0.2) is 28.9 Å². The maximum atomic E-state index is 5.61. The Hall–Kier alpha value is -0.800. The van der Waals surface area contributed by atoms with Crippen LogP contribution in [-0.2, 0) is 6.42 Å². The summed E-state index contributed by atoms with van der Waals surface area (Å²) in [5, 5.41) is 1.39. The molecular formula is C14H17BrN2. The van der Waals surface area contributed by atoms with Gasteiger partial charge in [0.05, 0.1) is 0 Å². The number of aryl methyl sites for hydroxylation is 1. The number of benzene rings is 1. The van der Waals surface area contributed by atoms with Crippen molar-refractivity contribution in [3.05, 3.63) is 34.4 Å². The molecule has 0 bridgehead atoms. The Kier molecular flexibility index (Phi) is 2.97. The largest absolute Gasteiger partial charge is 0.344 e. The van der Waals surface area contributed by atoms with Crippen LogP contribution in [0.4, 0.5) is 0 Å². The maximum absolute atomic E-state index is 5.61. The summed E-state index contributed by atoms with van der Waals surface area (Å²) in [6.07, 6.45) is 7.15. The van der Waals surface area contributed by atoms with Crippen molar-refractivity contribution >= 4 is 26.8 Å². The Labute approximate surface area is 110 Å². The van der Waals surface area contributed by atoms with Crippen molar-refractivity contribution in [1.82, 2.24) is 4.57 Å². The summed E-state index contributed by atoms with van der Waals surface area (Å²) in [5.41, 5.74) is 8.43. The van der Waals surface area contributed by atoms with Crippen molar-refractivity contribution in [3.63, 3.8) is 0 Å². The average Bonchev–Trinajstić information content (AvgIpc) is 3.10. The first-order valence-corrected chi connectivity index (χ1v) is 7.08. The smallest absolute Gasteiger partial charge is 0.0486 e. The van der Waals surface area contributed by atoms with E-state index in [4.69, 9.17) is 5.73 Å². The van der Waals surface area contributed by atoms with E-state index in [1.165, 1.54) is 29.3 Å². The minimum Gasteiger partial charge on any atom is -0.344 e. The summed E-state index contributed by atoms with van der Waals surface area (Å²) < 4.78 is 3.61. The molecule has 3 heteroatoms. The van der Waals surface area contributed by atoms with Gasteiger partial charge >= 0.3 is 0 Å². The van der Waals surface area contributed by atoms with Gasteiger partial charge in [-0.05, 0) is 56.0 Å². The van der Waals surface area contributed by atoms with Crippen molar-refractivity contribution in [2.45, 2.75) is 31.7 Å². The molecule has 1 fully saturated rings. The van der Waals surface area contributed by atoms with E-state index in [1.54, 1.807) is 0 Å². The molecule has 1 heterocycles. The van der Waals surface area contributed by atoms with E-state index >= 15 is 0 Å². The van der Waals surface area contributed by atoms with Crippen molar-refractivity contribution < 1.29 is 0 Å². The highest BCUT2D eigenvalue weighted by Gasteiger charge is 2.25. The normalized spacial score (nSPS) is 15.6. The van der Waals surface area contributed by atoms with Crippen LogP contribution in [0.2, 0.25) is 0 Å². The Morgan fingerprint density at radius 1 is 1.35 bits per heavy atom. The van der Waals surface area contributed by atoms with Crippen molar-refractivity contribution in [3.8, 4) is 0 Å². The van der Waals surface area contributed by atoms with Gasteiger partial charge < -0.3 is 10.3 Å². The Morgan fingerprint density at radius 3 is 2.88 bits per heavy atom. The Balaban J connectivity index is 2.09. The highest BCUT2D eigenvalue weighted by atomic mass is 79.9. The summed E-state index contributed by atoms with van der Waals surface area (Å²) >= 11 is 3.56. The van der Waals surface area contributed by atoms with Crippen molar-refractivity contribution in [2.24, 2.45) is 5.73 Å². The SMILES string of the molecule is NCCCc1cn(C2CC2)c2ccc(Br)cc12. The Morgan fingerprint density at radius 2 is 2.18 bits per heavy atom. The first-order chi connectivity index (χ1) is 8.29. The zero-order valence-electron chi connectivity index (χ0n) is 9.82. The minimum atomic E-state index is 0.741. The number of aromatic nitrogens is 1. The summed E-state index contributed by atoms with van der Waals surface area (Å²) in [5.74, 6) is 0. The second kappa shape index (κ2) is 4.46. The number of fused-ring (bicyclic) bond motifs is 1. The second-order valence-electron chi connectivity index (χ2n) is 4.85. The quantitative estimate of drug-likeness (QED) is 0.917. The van der Waals surface area contributed by atoms with Crippen molar-refractivity contribution in [1.29, 1.82) is 0 Å². The van der Waals surface area contributed by atoms with Gasteiger partial charge in [-0.15, -0.1) is 0 Å². The third-order valence-corrected chi connectivity index (χ3v) is 3.96. The van der Waals surface area contributed by atoms with Gasteiger partial charge in [0.1, 0.15) is 0 Å². The molecule has 1 aliphatic carbocycles. The molecule has 2 N–H and O–H groups in total. The van der Waals surface area contributed by atoms with Gasteiger partial charge in [0.15, 0.2) is 0 Å². The van der Waals surface area contributed by atoms with Crippen LogP contribution in [0.1, 0.15) is 30.9 Å². The summed E-state index contributed by atoms with van der Waals surface area (Å²) in [4.78, 5) is 0. The molecule has 2 aromatic rings. The molecule has 0 unspecified atom stereocenters.